The Labute approximate surface area is 78.3 Å². The maximum Gasteiger partial charge on any atom is 0.183 e. The van der Waals surface area contributed by atoms with Crippen molar-refractivity contribution >= 4 is 6.21 Å². The van der Waals surface area contributed by atoms with E-state index in [0.29, 0.717) is 0 Å². The van der Waals surface area contributed by atoms with E-state index in [9.17, 15) is 5.21 Å². The molecular weight excluding hydrogens is 164 g/mol. The normalized spacial score (nSPS) is 13.0. The molecule has 0 unspecified atom stereocenters. The van der Waals surface area contributed by atoms with E-state index in [1.165, 1.54) is 0 Å². The maximum atomic E-state index is 11.5. The molecule has 1 aromatic rings. The average molecular weight is 178 g/mol. The fourth-order valence-electron chi connectivity index (χ4n) is 0.781. The summed E-state index contributed by atoms with van der Waals surface area (Å²) < 4.78 is 0.935. The van der Waals surface area contributed by atoms with Gasteiger partial charge in [0.2, 0.25) is 0 Å². The van der Waals surface area contributed by atoms with Gasteiger partial charge in [0.1, 0.15) is 0 Å². The van der Waals surface area contributed by atoms with Crippen molar-refractivity contribution in [2.24, 2.45) is 0 Å². The van der Waals surface area contributed by atoms with Gasteiger partial charge < -0.3 is 5.21 Å². The summed E-state index contributed by atoms with van der Waals surface area (Å²) in [5, 5.41) is 11.5. The largest absolute Gasteiger partial charge is 0.623 e. The van der Waals surface area contributed by atoms with Crippen molar-refractivity contribution in [2.75, 3.05) is 0 Å². The van der Waals surface area contributed by atoms with Gasteiger partial charge in [-0.1, -0.05) is 0 Å². The summed E-state index contributed by atoms with van der Waals surface area (Å²) in [6.45, 7) is 5.60. The molecule has 70 valence electrons. The molecule has 0 amide bonds. The van der Waals surface area contributed by atoms with E-state index < -0.39 is 5.54 Å². The minimum Gasteiger partial charge on any atom is -0.623 e. The van der Waals surface area contributed by atoms with E-state index in [1.54, 1.807) is 18.6 Å². The fraction of sp³-hybridized carbons (Fsp3) is 0.400. The maximum absolute atomic E-state index is 11.5. The van der Waals surface area contributed by atoms with Crippen LogP contribution in [0.5, 0.6) is 0 Å². The van der Waals surface area contributed by atoms with E-state index in [4.69, 9.17) is 0 Å². The van der Waals surface area contributed by atoms with Crippen molar-refractivity contribution in [3.63, 3.8) is 0 Å². The van der Waals surface area contributed by atoms with Crippen LogP contribution in [0, 0.1) is 5.21 Å². The van der Waals surface area contributed by atoms with Crippen LogP contribution in [0.1, 0.15) is 26.3 Å². The molecule has 0 fully saturated rings. The molecule has 0 N–H and O–H groups in total. The third-order valence-corrected chi connectivity index (χ3v) is 1.61. The van der Waals surface area contributed by atoms with Gasteiger partial charge in [-0.15, -0.1) is 0 Å². The van der Waals surface area contributed by atoms with Crippen LogP contribution in [0.4, 0.5) is 0 Å². The molecule has 1 aromatic heterocycles. The molecule has 0 aliphatic heterocycles. The third-order valence-electron chi connectivity index (χ3n) is 1.61. The first-order valence-electron chi connectivity index (χ1n) is 4.21. The van der Waals surface area contributed by atoms with Gasteiger partial charge in [0.05, 0.1) is 5.56 Å². The topological polar surface area (TPSA) is 39.0 Å². The number of hydroxylamine groups is 1. The van der Waals surface area contributed by atoms with Gasteiger partial charge in [-0.05, 0) is 12.1 Å². The Kier molecular flexibility index (Phi) is 2.66. The summed E-state index contributed by atoms with van der Waals surface area (Å²) in [6.07, 6.45) is 4.90. The monoisotopic (exact) mass is 178 g/mol. The summed E-state index contributed by atoms with van der Waals surface area (Å²) >= 11 is 0. The average Bonchev–Trinajstić information content (AvgIpc) is 2.04. The molecule has 0 aromatic carbocycles. The van der Waals surface area contributed by atoms with Gasteiger partial charge in [0, 0.05) is 33.2 Å². The van der Waals surface area contributed by atoms with Crippen LogP contribution in [0.2, 0.25) is 0 Å². The number of nitrogens with zero attached hydrogens (tertiary/aromatic N) is 2. The first-order valence-corrected chi connectivity index (χ1v) is 4.21. The molecule has 1 rings (SSSR count). The molecule has 3 heteroatoms. The molecule has 0 bridgehead atoms. The SMILES string of the molecule is CC(C)(C)[N+]([O-])=Cc1cccnc1. The number of pyridine rings is 1. The molecule has 0 aliphatic carbocycles. The van der Waals surface area contributed by atoms with Gasteiger partial charge in [0.25, 0.3) is 0 Å². The number of hydrogen-bond donors (Lipinski definition) is 0. The molecule has 0 atom stereocenters. The zero-order valence-corrected chi connectivity index (χ0v) is 8.19. The lowest BCUT2D eigenvalue weighted by Crippen LogP contribution is -2.29. The van der Waals surface area contributed by atoms with Gasteiger partial charge >= 0.3 is 0 Å². The van der Waals surface area contributed by atoms with Crippen LogP contribution < -0.4 is 0 Å². The smallest absolute Gasteiger partial charge is 0.183 e. The summed E-state index contributed by atoms with van der Waals surface area (Å²) in [5.41, 5.74) is 0.433. The van der Waals surface area contributed by atoms with Crippen molar-refractivity contribution in [1.82, 2.24) is 4.98 Å². The minimum atomic E-state index is -0.393. The van der Waals surface area contributed by atoms with Crippen LogP contribution in [0.3, 0.4) is 0 Å². The molecule has 13 heavy (non-hydrogen) atoms. The Hall–Kier alpha value is -1.38. The highest BCUT2D eigenvalue weighted by molar-refractivity contribution is 5.74. The Balaban J connectivity index is 2.90. The summed E-state index contributed by atoms with van der Waals surface area (Å²) in [6, 6.07) is 3.66. The second kappa shape index (κ2) is 3.56. The molecule has 3 nitrogen and oxygen atoms in total. The Morgan fingerprint density at radius 3 is 2.62 bits per heavy atom. The first kappa shape index (κ1) is 9.71. The predicted molar refractivity (Wildman–Crippen MR) is 52.8 cm³/mol. The zero-order valence-electron chi connectivity index (χ0n) is 8.19. The lowest BCUT2D eigenvalue weighted by Gasteiger charge is -2.18. The molecule has 1 heterocycles. The van der Waals surface area contributed by atoms with Crippen molar-refractivity contribution < 1.29 is 4.74 Å². The van der Waals surface area contributed by atoms with Crippen LogP contribution in [0.15, 0.2) is 24.5 Å². The van der Waals surface area contributed by atoms with E-state index in [1.807, 2.05) is 32.9 Å². The van der Waals surface area contributed by atoms with Crippen molar-refractivity contribution in [1.29, 1.82) is 0 Å². The lowest BCUT2D eigenvalue weighted by molar-refractivity contribution is -0.530. The molecule has 0 aliphatic rings. The molecule has 0 saturated carbocycles. The standard InChI is InChI=1S/C10H14N2O/c1-10(2,3)12(13)8-9-5-4-6-11-7-9/h4-8H,1-3H3. The van der Waals surface area contributed by atoms with Crippen molar-refractivity contribution in [3.8, 4) is 0 Å². The minimum absolute atomic E-state index is 0.393. The summed E-state index contributed by atoms with van der Waals surface area (Å²) in [4.78, 5) is 3.92. The fourth-order valence-corrected chi connectivity index (χ4v) is 0.781. The molecule has 0 saturated heterocycles. The summed E-state index contributed by atoms with van der Waals surface area (Å²) in [5.74, 6) is 0. The van der Waals surface area contributed by atoms with Crippen molar-refractivity contribution in [2.45, 2.75) is 26.3 Å². The molecule has 0 radical (unpaired) electrons. The number of aromatic nitrogens is 1. The van der Waals surface area contributed by atoms with Crippen LogP contribution >= 0.6 is 0 Å². The lowest BCUT2D eigenvalue weighted by atomic mass is 10.1. The van der Waals surface area contributed by atoms with E-state index in [0.717, 1.165) is 10.3 Å². The second-order valence-electron chi connectivity index (χ2n) is 3.91. The van der Waals surface area contributed by atoms with Crippen LogP contribution in [-0.4, -0.2) is 21.5 Å². The Morgan fingerprint density at radius 2 is 2.15 bits per heavy atom. The van der Waals surface area contributed by atoms with Gasteiger partial charge in [0.15, 0.2) is 11.8 Å². The van der Waals surface area contributed by atoms with Gasteiger partial charge in [-0.3, -0.25) is 4.98 Å². The van der Waals surface area contributed by atoms with Crippen LogP contribution in [-0.2, 0) is 0 Å². The Bertz CT molecular complexity index is 298. The quantitative estimate of drug-likeness (QED) is 0.285. The molecular formula is C10H14N2O. The highest BCUT2D eigenvalue weighted by Gasteiger charge is 2.17. The van der Waals surface area contributed by atoms with E-state index >= 15 is 0 Å². The number of hydrogen-bond acceptors (Lipinski definition) is 2. The first-order chi connectivity index (χ1) is 6.00. The van der Waals surface area contributed by atoms with Crippen LogP contribution in [0.25, 0.3) is 0 Å². The second-order valence-corrected chi connectivity index (χ2v) is 3.91. The molecule has 0 spiro atoms. The van der Waals surface area contributed by atoms with Gasteiger partial charge in [-0.25, -0.2) is 4.74 Å². The highest BCUT2D eigenvalue weighted by atomic mass is 16.5. The van der Waals surface area contributed by atoms with E-state index in [-0.39, 0.29) is 0 Å². The predicted octanol–water partition coefficient (Wildman–Crippen LogP) is 1.81. The summed E-state index contributed by atoms with van der Waals surface area (Å²) in [7, 11) is 0. The zero-order chi connectivity index (χ0) is 9.90. The number of rotatable bonds is 1. The van der Waals surface area contributed by atoms with E-state index in [2.05, 4.69) is 4.98 Å². The Morgan fingerprint density at radius 1 is 1.46 bits per heavy atom. The van der Waals surface area contributed by atoms with Crippen molar-refractivity contribution in [3.05, 3.63) is 35.3 Å². The third kappa shape index (κ3) is 2.86. The van der Waals surface area contributed by atoms with Gasteiger partial charge in [-0.2, -0.15) is 0 Å². The highest BCUT2D eigenvalue weighted by Crippen LogP contribution is 2.05.